The molecule has 0 fully saturated rings. The van der Waals surface area contributed by atoms with Gasteiger partial charge in [0.15, 0.2) is 0 Å². The van der Waals surface area contributed by atoms with Crippen LogP contribution < -0.4 is 26.2 Å². The lowest BCUT2D eigenvalue weighted by Crippen LogP contribution is -2.39. The molecule has 0 spiro atoms. The highest BCUT2D eigenvalue weighted by atomic mass is 19.1. The van der Waals surface area contributed by atoms with Crippen LogP contribution in [0.4, 0.5) is 10.1 Å². The lowest BCUT2D eigenvalue weighted by atomic mass is 10.2. The van der Waals surface area contributed by atoms with Crippen LogP contribution in [0.15, 0.2) is 72.0 Å². The monoisotopic (exact) mass is 373 g/mol. The van der Waals surface area contributed by atoms with Gasteiger partial charge < -0.3 is 26.2 Å². The van der Waals surface area contributed by atoms with E-state index in [1.807, 2.05) is 64.2 Å². The molecule has 1 aromatic rings. The number of likely N-dealkylation sites (N-methyl/N-ethyl adjacent to an activating group) is 1. The molecule has 0 bridgehead atoms. The van der Waals surface area contributed by atoms with E-state index in [0.717, 1.165) is 29.3 Å². The Morgan fingerprint density at radius 1 is 1.26 bits per heavy atom. The van der Waals surface area contributed by atoms with Crippen molar-refractivity contribution in [2.75, 3.05) is 32.2 Å². The van der Waals surface area contributed by atoms with E-state index in [1.54, 1.807) is 6.07 Å². The molecule has 0 amide bonds. The van der Waals surface area contributed by atoms with Crippen molar-refractivity contribution in [1.29, 1.82) is 0 Å². The van der Waals surface area contributed by atoms with E-state index in [0.29, 0.717) is 12.4 Å². The minimum atomic E-state index is -0.290. The summed E-state index contributed by atoms with van der Waals surface area (Å²) < 4.78 is 13.9. The Morgan fingerprint density at radius 2 is 2.00 bits per heavy atom. The van der Waals surface area contributed by atoms with Crippen molar-refractivity contribution in [3.8, 4) is 0 Å². The molecule has 1 rings (SSSR count). The summed E-state index contributed by atoms with van der Waals surface area (Å²) in [5.74, 6) is 0.513. The van der Waals surface area contributed by atoms with Gasteiger partial charge in [0, 0.05) is 32.5 Å². The molecule has 0 aliphatic rings. The second kappa shape index (κ2) is 11.7. The maximum atomic E-state index is 13.9. The first kappa shape index (κ1) is 22.2. The zero-order valence-corrected chi connectivity index (χ0v) is 17.0. The third-order valence-corrected chi connectivity index (χ3v) is 3.83. The molecule has 0 radical (unpaired) electrons. The number of nitrogens with one attached hydrogen (secondary N) is 4. The molecule has 0 aliphatic carbocycles. The molecule has 0 aromatic heterocycles. The first-order valence-corrected chi connectivity index (χ1v) is 9.07. The Balaban J connectivity index is 3.39. The Kier molecular flexibility index (Phi) is 9.58. The predicted octanol–water partition coefficient (Wildman–Crippen LogP) is 3.39. The number of rotatable bonds is 11. The normalized spacial score (nSPS) is 12.4. The van der Waals surface area contributed by atoms with Crippen molar-refractivity contribution < 1.29 is 4.39 Å². The maximum Gasteiger partial charge on any atom is 0.125 e. The SMILES string of the molecule is C=C(NC)/C(=C(\NC)NCC)N(CN/C=C(C)\C=C/C)c1cccc(F)c1. The standard InChI is InChI=1S/C21H32FN5/c1-7-10-16(3)14-25-15-27(19-12-9-11-18(22)13-19)20(17(4)23-5)21(24-6)26-8-2/h7,9-14,23-26H,4,8,15H2,1-3,5-6H3/b10-7-,16-14-,21-20-. The summed E-state index contributed by atoms with van der Waals surface area (Å²) in [5.41, 5.74) is 3.32. The third kappa shape index (κ3) is 6.73. The van der Waals surface area contributed by atoms with Crippen LogP contribution in [0.25, 0.3) is 0 Å². The average molecular weight is 374 g/mol. The van der Waals surface area contributed by atoms with Gasteiger partial charge in [-0.1, -0.05) is 24.8 Å². The topological polar surface area (TPSA) is 51.4 Å². The molecule has 0 saturated heterocycles. The van der Waals surface area contributed by atoms with Crippen LogP contribution in [0.3, 0.4) is 0 Å². The van der Waals surface area contributed by atoms with Gasteiger partial charge in [-0.05, 0) is 44.5 Å². The summed E-state index contributed by atoms with van der Waals surface area (Å²) in [5, 5.41) is 12.9. The molecule has 6 heteroatoms. The van der Waals surface area contributed by atoms with E-state index in [4.69, 9.17) is 0 Å². The van der Waals surface area contributed by atoms with Crippen molar-refractivity contribution in [2.45, 2.75) is 20.8 Å². The van der Waals surface area contributed by atoms with Crippen LogP contribution in [0, 0.1) is 5.82 Å². The highest BCUT2D eigenvalue weighted by Crippen LogP contribution is 2.24. The minimum absolute atomic E-state index is 0.290. The van der Waals surface area contributed by atoms with Crippen LogP contribution in [0.1, 0.15) is 20.8 Å². The fourth-order valence-corrected chi connectivity index (χ4v) is 2.59. The quantitative estimate of drug-likeness (QED) is 0.354. The summed E-state index contributed by atoms with van der Waals surface area (Å²) in [4.78, 5) is 1.97. The van der Waals surface area contributed by atoms with Gasteiger partial charge in [-0.3, -0.25) is 0 Å². The number of hydrogen-bond acceptors (Lipinski definition) is 5. The van der Waals surface area contributed by atoms with E-state index in [1.165, 1.54) is 12.1 Å². The van der Waals surface area contributed by atoms with Gasteiger partial charge in [-0.25, -0.2) is 4.39 Å². The molecule has 27 heavy (non-hydrogen) atoms. The largest absolute Gasteiger partial charge is 0.387 e. The van der Waals surface area contributed by atoms with Crippen LogP contribution in [0.2, 0.25) is 0 Å². The van der Waals surface area contributed by atoms with Gasteiger partial charge in [0.1, 0.15) is 17.3 Å². The Morgan fingerprint density at radius 3 is 2.56 bits per heavy atom. The van der Waals surface area contributed by atoms with E-state index in [9.17, 15) is 4.39 Å². The van der Waals surface area contributed by atoms with Crippen molar-refractivity contribution in [3.63, 3.8) is 0 Å². The summed E-state index contributed by atoms with van der Waals surface area (Å²) in [6, 6.07) is 6.51. The maximum absolute atomic E-state index is 13.9. The fraction of sp³-hybridized carbons (Fsp3) is 0.333. The number of halogens is 1. The van der Waals surface area contributed by atoms with Gasteiger partial charge >= 0.3 is 0 Å². The molecule has 5 nitrogen and oxygen atoms in total. The lowest BCUT2D eigenvalue weighted by molar-refractivity contribution is 0.626. The zero-order chi connectivity index (χ0) is 20.2. The van der Waals surface area contributed by atoms with Crippen molar-refractivity contribution in [1.82, 2.24) is 21.3 Å². The smallest absolute Gasteiger partial charge is 0.125 e. The van der Waals surface area contributed by atoms with Gasteiger partial charge in [-0.15, -0.1) is 0 Å². The highest BCUT2D eigenvalue weighted by Gasteiger charge is 2.19. The molecule has 4 N–H and O–H groups in total. The number of anilines is 1. The van der Waals surface area contributed by atoms with Gasteiger partial charge in [-0.2, -0.15) is 0 Å². The number of nitrogens with zero attached hydrogens (tertiary/aromatic N) is 1. The van der Waals surface area contributed by atoms with Crippen LogP contribution in [-0.4, -0.2) is 27.3 Å². The van der Waals surface area contributed by atoms with Crippen LogP contribution >= 0.6 is 0 Å². The second-order valence-electron chi connectivity index (χ2n) is 5.89. The Bertz CT molecular complexity index is 706. The summed E-state index contributed by atoms with van der Waals surface area (Å²) in [6.07, 6.45) is 5.93. The summed E-state index contributed by atoms with van der Waals surface area (Å²) in [6.45, 7) is 11.3. The van der Waals surface area contributed by atoms with Crippen molar-refractivity contribution in [2.24, 2.45) is 0 Å². The average Bonchev–Trinajstić information content (AvgIpc) is 2.66. The van der Waals surface area contributed by atoms with Crippen molar-refractivity contribution >= 4 is 5.69 Å². The van der Waals surface area contributed by atoms with E-state index in [-0.39, 0.29) is 5.82 Å². The highest BCUT2D eigenvalue weighted by molar-refractivity contribution is 5.57. The molecular weight excluding hydrogens is 341 g/mol. The van der Waals surface area contributed by atoms with Crippen molar-refractivity contribution in [3.05, 3.63) is 77.8 Å². The fourth-order valence-electron chi connectivity index (χ4n) is 2.59. The molecule has 148 valence electrons. The minimum Gasteiger partial charge on any atom is -0.387 e. The summed E-state index contributed by atoms with van der Waals surface area (Å²) >= 11 is 0. The van der Waals surface area contributed by atoms with Gasteiger partial charge in [0.2, 0.25) is 0 Å². The molecular formula is C21H32FN5. The van der Waals surface area contributed by atoms with E-state index < -0.39 is 0 Å². The zero-order valence-electron chi connectivity index (χ0n) is 17.0. The lowest BCUT2D eigenvalue weighted by Gasteiger charge is -2.31. The van der Waals surface area contributed by atoms with E-state index >= 15 is 0 Å². The van der Waals surface area contributed by atoms with Gasteiger partial charge in [0.25, 0.3) is 0 Å². The summed E-state index contributed by atoms with van der Waals surface area (Å²) in [7, 11) is 3.66. The second-order valence-corrected chi connectivity index (χ2v) is 5.89. The Labute approximate surface area is 162 Å². The molecule has 0 unspecified atom stereocenters. The predicted molar refractivity (Wildman–Crippen MR) is 113 cm³/mol. The van der Waals surface area contributed by atoms with E-state index in [2.05, 4.69) is 27.8 Å². The first-order valence-electron chi connectivity index (χ1n) is 9.07. The first-order chi connectivity index (χ1) is 13.0. The third-order valence-electron chi connectivity index (χ3n) is 3.83. The van der Waals surface area contributed by atoms with Gasteiger partial charge in [0.05, 0.1) is 12.4 Å². The molecule has 0 heterocycles. The molecule has 0 saturated carbocycles. The molecule has 1 aromatic carbocycles. The number of benzene rings is 1. The molecule has 0 aliphatic heterocycles. The van der Waals surface area contributed by atoms with Crippen LogP contribution in [-0.2, 0) is 0 Å². The molecule has 0 atom stereocenters. The number of allylic oxidation sites excluding steroid dienone is 3. The van der Waals surface area contributed by atoms with Crippen LogP contribution in [0.5, 0.6) is 0 Å². The number of hydrogen-bond donors (Lipinski definition) is 4. The Hall–Kier alpha value is -2.89.